The largest absolute Gasteiger partial charge is 0.494 e. The number of rotatable bonds is 9. The van der Waals surface area contributed by atoms with Crippen LogP contribution in [-0.4, -0.2) is 52.8 Å². The average molecular weight is 394 g/mol. The monoisotopic (exact) mass is 394 g/mol. The van der Waals surface area contributed by atoms with Crippen LogP contribution in [0.5, 0.6) is 5.75 Å². The number of nitrogens with zero attached hydrogens (tertiary/aromatic N) is 1. The summed E-state index contributed by atoms with van der Waals surface area (Å²) >= 11 is 0. The van der Waals surface area contributed by atoms with Crippen LogP contribution in [0.1, 0.15) is 25.1 Å². The Balaban J connectivity index is 1.68. The Bertz CT molecular complexity index is 784. The minimum atomic E-state index is -3.63. The summed E-state index contributed by atoms with van der Waals surface area (Å²) in [6.45, 7) is 5.57. The van der Waals surface area contributed by atoms with Crippen LogP contribution in [-0.2, 0) is 14.8 Å². The van der Waals surface area contributed by atoms with E-state index in [4.69, 9.17) is 13.9 Å². The Morgan fingerprint density at radius 2 is 1.93 bits per heavy atom. The summed E-state index contributed by atoms with van der Waals surface area (Å²) in [6.07, 6.45) is 2.50. The predicted molar refractivity (Wildman–Crippen MR) is 101 cm³/mol. The van der Waals surface area contributed by atoms with Crippen molar-refractivity contribution in [2.75, 3.05) is 39.5 Å². The number of benzene rings is 1. The molecule has 1 atom stereocenters. The fourth-order valence-electron chi connectivity index (χ4n) is 2.99. The van der Waals surface area contributed by atoms with Gasteiger partial charge in [0.1, 0.15) is 11.5 Å². The van der Waals surface area contributed by atoms with E-state index in [1.54, 1.807) is 30.5 Å². The summed E-state index contributed by atoms with van der Waals surface area (Å²) in [5.74, 6) is 1.40. The van der Waals surface area contributed by atoms with E-state index in [0.29, 0.717) is 25.6 Å². The van der Waals surface area contributed by atoms with Crippen molar-refractivity contribution in [3.63, 3.8) is 0 Å². The highest BCUT2D eigenvalue weighted by atomic mass is 32.2. The van der Waals surface area contributed by atoms with Crippen molar-refractivity contribution in [3.8, 4) is 5.75 Å². The van der Waals surface area contributed by atoms with Gasteiger partial charge in [-0.3, -0.25) is 4.90 Å². The van der Waals surface area contributed by atoms with Crippen LogP contribution in [0, 0.1) is 0 Å². The van der Waals surface area contributed by atoms with Gasteiger partial charge in [0, 0.05) is 19.6 Å². The molecule has 0 radical (unpaired) electrons. The summed E-state index contributed by atoms with van der Waals surface area (Å²) in [6, 6.07) is 9.98. The number of hydrogen-bond acceptors (Lipinski definition) is 6. The molecule has 1 aromatic carbocycles. The highest BCUT2D eigenvalue weighted by Gasteiger charge is 2.26. The van der Waals surface area contributed by atoms with Gasteiger partial charge < -0.3 is 13.9 Å². The Kier molecular flexibility index (Phi) is 6.89. The van der Waals surface area contributed by atoms with E-state index in [9.17, 15) is 8.42 Å². The smallest absolute Gasteiger partial charge is 0.240 e. The Morgan fingerprint density at radius 1 is 1.19 bits per heavy atom. The number of sulfonamides is 1. The van der Waals surface area contributed by atoms with Gasteiger partial charge in [0.05, 0.1) is 37.0 Å². The fraction of sp³-hybridized carbons (Fsp3) is 0.474. The quantitative estimate of drug-likeness (QED) is 0.704. The van der Waals surface area contributed by atoms with E-state index in [1.807, 2.05) is 19.1 Å². The van der Waals surface area contributed by atoms with E-state index in [-0.39, 0.29) is 17.5 Å². The number of furan rings is 1. The first kappa shape index (κ1) is 19.9. The lowest BCUT2D eigenvalue weighted by atomic mass is 10.2. The van der Waals surface area contributed by atoms with Crippen molar-refractivity contribution in [2.24, 2.45) is 0 Å². The van der Waals surface area contributed by atoms with E-state index in [0.717, 1.165) is 25.3 Å². The molecule has 1 saturated heterocycles. The van der Waals surface area contributed by atoms with Gasteiger partial charge in [-0.1, -0.05) is 6.92 Å². The summed E-state index contributed by atoms with van der Waals surface area (Å²) < 4.78 is 44.5. The third-order valence-corrected chi connectivity index (χ3v) is 5.87. The van der Waals surface area contributed by atoms with Gasteiger partial charge in [0.15, 0.2) is 0 Å². The number of morpholine rings is 1. The normalized spacial score (nSPS) is 16.9. The van der Waals surface area contributed by atoms with Gasteiger partial charge in [0.2, 0.25) is 10.0 Å². The topological polar surface area (TPSA) is 81.0 Å². The van der Waals surface area contributed by atoms with Crippen molar-refractivity contribution >= 4 is 10.0 Å². The lowest BCUT2D eigenvalue weighted by molar-refractivity contribution is 0.0128. The molecule has 7 nitrogen and oxygen atoms in total. The molecule has 0 bridgehead atoms. The molecule has 0 saturated carbocycles. The highest BCUT2D eigenvalue weighted by molar-refractivity contribution is 7.89. The predicted octanol–water partition coefficient (Wildman–Crippen LogP) is 2.42. The molecule has 1 fully saturated rings. The van der Waals surface area contributed by atoms with Gasteiger partial charge >= 0.3 is 0 Å². The second kappa shape index (κ2) is 9.36. The molecule has 8 heteroatoms. The molecule has 0 aliphatic carbocycles. The summed E-state index contributed by atoms with van der Waals surface area (Å²) in [5.41, 5.74) is 0. The Hall–Kier alpha value is -1.87. The molecule has 3 rings (SSSR count). The molecule has 1 aromatic heterocycles. The van der Waals surface area contributed by atoms with Crippen LogP contribution in [0.15, 0.2) is 52.0 Å². The van der Waals surface area contributed by atoms with E-state index >= 15 is 0 Å². The zero-order chi connectivity index (χ0) is 19.1. The van der Waals surface area contributed by atoms with Crippen LogP contribution in [0.4, 0.5) is 0 Å². The van der Waals surface area contributed by atoms with E-state index in [2.05, 4.69) is 9.62 Å². The van der Waals surface area contributed by atoms with Crippen LogP contribution in [0.3, 0.4) is 0 Å². The lowest BCUT2D eigenvalue weighted by Crippen LogP contribution is -2.43. The zero-order valence-corrected chi connectivity index (χ0v) is 16.3. The molecular formula is C19H26N2O5S. The average Bonchev–Trinajstić information content (AvgIpc) is 3.22. The van der Waals surface area contributed by atoms with Gasteiger partial charge in [-0.2, -0.15) is 0 Å². The highest BCUT2D eigenvalue weighted by Crippen LogP contribution is 2.23. The molecule has 2 heterocycles. The molecule has 0 amide bonds. The molecule has 148 valence electrons. The Morgan fingerprint density at radius 3 is 2.56 bits per heavy atom. The van der Waals surface area contributed by atoms with Crippen molar-refractivity contribution in [1.82, 2.24) is 9.62 Å². The first-order valence-electron chi connectivity index (χ1n) is 9.18. The summed E-state index contributed by atoms with van der Waals surface area (Å²) in [4.78, 5) is 2.39. The second-order valence-corrected chi connectivity index (χ2v) is 8.12. The molecule has 1 aliphatic rings. The van der Waals surface area contributed by atoms with Crippen molar-refractivity contribution in [3.05, 3.63) is 48.4 Å². The maximum absolute atomic E-state index is 12.7. The zero-order valence-electron chi connectivity index (χ0n) is 15.5. The Labute approximate surface area is 160 Å². The lowest BCUT2D eigenvalue weighted by Gasteiger charge is -2.33. The van der Waals surface area contributed by atoms with Crippen LogP contribution < -0.4 is 9.46 Å². The van der Waals surface area contributed by atoms with Crippen molar-refractivity contribution in [2.45, 2.75) is 24.3 Å². The summed E-state index contributed by atoms with van der Waals surface area (Å²) in [7, 11) is -3.63. The molecule has 0 spiro atoms. The molecule has 1 aliphatic heterocycles. The van der Waals surface area contributed by atoms with E-state index < -0.39 is 10.0 Å². The van der Waals surface area contributed by atoms with Crippen LogP contribution in [0.25, 0.3) is 0 Å². The van der Waals surface area contributed by atoms with Gasteiger partial charge in [-0.05, 0) is 42.8 Å². The maximum Gasteiger partial charge on any atom is 0.240 e. The van der Waals surface area contributed by atoms with Gasteiger partial charge in [0.25, 0.3) is 0 Å². The second-order valence-electron chi connectivity index (χ2n) is 6.35. The molecule has 27 heavy (non-hydrogen) atoms. The van der Waals surface area contributed by atoms with Gasteiger partial charge in [-0.15, -0.1) is 0 Å². The fourth-order valence-corrected chi connectivity index (χ4v) is 4.02. The molecule has 1 unspecified atom stereocenters. The minimum Gasteiger partial charge on any atom is -0.494 e. The minimum absolute atomic E-state index is 0.175. The number of ether oxygens (including phenoxy) is 2. The molecular weight excluding hydrogens is 368 g/mol. The first-order chi connectivity index (χ1) is 13.1. The van der Waals surface area contributed by atoms with Crippen LogP contribution in [0.2, 0.25) is 0 Å². The van der Waals surface area contributed by atoms with Crippen LogP contribution >= 0.6 is 0 Å². The third-order valence-electron chi connectivity index (χ3n) is 4.43. The standard InChI is InChI=1S/C19H26N2O5S/c1-2-11-25-16-5-7-17(8-6-16)27(22,23)20-15-18(19-4-3-12-26-19)21-9-13-24-14-10-21/h3-8,12,18,20H,2,9-11,13-15H2,1H3. The number of nitrogens with one attached hydrogen (secondary N) is 1. The molecule has 1 N–H and O–H groups in total. The molecule has 2 aromatic rings. The third kappa shape index (κ3) is 5.32. The first-order valence-corrected chi connectivity index (χ1v) is 10.7. The van der Waals surface area contributed by atoms with Gasteiger partial charge in [-0.25, -0.2) is 13.1 Å². The summed E-state index contributed by atoms with van der Waals surface area (Å²) in [5, 5.41) is 0. The maximum atomic E-state index is 12.7. The van der Waals surface area contributed by atoms with Crippen molar-refractivity contribution < 1.29 is 22.3 Å². The van der Waals surface area contributed by atoms with Crippen molar-refractivity contribution in [1.29, 1.82) is 0 Å². The number of hydrogen-bond donors (Lipinski definition) is 1. The van der Waals surface area contributed by atoms with E-state index in [1.165, 1.54) is 0 Å². The SMILES string of the molecule is CCCOc1ccc(S(=O)(=O)NCC(c2ccco2)N2CCOCC2)cc1.